The minimum absolute atomic E-state index is 0.0196. The SMILES string of the molecule is CCNc1ncc(F)c(NC(CCO)C(C)C)n1. The zero-order chi connectivity index (χ0) is 13.5. The van der Waals surface area contributed by atoms with Gasteiger partial charge in [0.05, 0.1) is 6.20 Å². The van der Waals surface area contributed by atoms with Crippen LogP contribution in [0.2, 0.25) is 0 Å². The highest BCUT2D eigenvalue weighted by molar-refractivity contribution is 5.41. The molecule has 0 spiro atoms. The van der Waals surface area contributed by atoms with Crippen LogP contribution in [-0.4, -0.2) is 34.3 Å². The van der Waals surface area contributed by atoms with E-state index in [1.165, 1.54) is 0 Å². The molecule has 0 aliphatic carbocycles. The molecule has 5 nitrogen and oxygen atoms in total. The van der Waals surface area contributed by atoms with Crippen molar-refractivity contribution in [3.8, 4) is 0 Å². The molecule has 3 N–H and O–H groups in total. The quantitative estimate of drug-likeness (QED) is 0.694. The molecule has 6 heteroatoms. The minimum Gasteiger partial charge on any atom is -0.396 e. The van der Waals surface area contributed by atoms with Crippen molar-refractivity contribution in [1.29, 1.82) is 0 Å². The maximum atomic E-state index is 13.6. The maximum Gasteiger partial charge on any atom is 0.224 e. The Morgan fingerprint density at radius 1 is 1.44 bits per heavy atom. The molecular formula is C12H21FN4O. The number of aliphatic hydroxyl groups is 1. The number of nitrogens with one attached hydrogen (secondary N) is 2. The van der Waals surface area contributed by atoms with E-state index in [9.17, 15) is 4.39 Å². The predicted octanol–water partition coefficient (Wildman–Crippen LogP) is 1.87. The summed E-state index contributed by atoms with van der Waals surface area (Å²) in [7, 11) is 0. The first kappa shape index (κ1) is 14.6. The zero-order valence-electron chi connectivity index (χ0n) is 11.1. The fraction of sp³-hybridized carbons (Fsp3) is 0.667. The normalized spacial score (nSPS) is 12.6. The van der Waals surface area contributed by atoms with E-state index in [0.29, 0.717) is 18.9 Å². The van der Waals surface area contributed by atoms with Crippen molar-refractivity contribution in [3.05, 3.63) is 12.0 Å². The average molecular weight is 256 g/mol. The lowest BCUT2D eigenvalue weighted by atomic mass is 10.0. The van der Waals surface area contributed by atoms with Gasteiger partial charge in [0, 0.05) is 19.2 Å². The van der Waals surface area contributed by atoms with Crippen LogP contribution in [0.25, 0.3) is 0 Å². The molecule has 0 aromatic carbocycles. The summed E-state index contributed by atoms with van der Waals surface area (Å²) in [5.74, 6) is 0.357. The minimum atomic E-state index is -0.486. The number of halogens is 1. The molecule has 18 heavy (non-hydrogen) atoms. The van der Waals surface area contributed by atoms with E-state index >= 15 is 0 Å². The fourth-order valence-corrected chi connectivity index (χ4v) is 1.60. The van der Waals surface area contributed by atoms with Crippen molar-refractivity contribution in [1.82, 2.24) is 9.97 Å². The summed E-state index contributed by atoms with van der Waals surface area (Å²) in [6.07, 6.45) is 1.70. The highest BCUT2D eigenvalue weighted by Gasteiger charge is 2.16. The van der Waals surface area contributed by atoms with Gasteiger partial charge in [0.15, 0.2) is 11.6 Å². The summed E-state index contributed by atoms with van der Waals surface area (Å²) >= 11 is 0. The molecule has 0 saturated carbocycles. The summed E-state index contributed by atoms with van der Waals surface area (Å²) in [4.78, 5) is 7.92. The lowest BCUT2D eigenvalue weighted by Gasteiger charge is -2.22. The van der Waals surface area contributed by atoms with Crippen LogP contribution in [0.5, 0.6) is 0 Å². The summed E-state index contributed by atoms with van der Waals surface area (Å²) in [5, 5.41) is 14.9. The van der Waals surface area contributed by atoms with E-state index in [0.717, 1.165) is 6.20 Å². The first-order valence-electron chi connectivity index (χ1n) is 6.22. The number of aromatic nitrogens is 2. The first-order valence-corrected chi connectivity index (χ1v) is 6.22. The van der Waals surface area contributed by atoms with E-state index < -0.39 is 5.82 Å². The zero-order valence-corrected chi connectivity index (χ0v) is 11.1. The lowest BCUT2D eigenvalue weighted by molar-refractivity contribution is 0.267. The number of aliphatic hydroxyl groups excluding tert-OH is 1. The van der Waals surface area contributed by atoms with Crippen molar-refractivity contribution in [3.63, 3.8) is 0 Å². The van der Waals surface area contributed by atoms with Gasteiger partial charge in [-0.2, -0.15) is 4.98 Å². The van der Waals surface area contributed by atoms with Crippen LogP contribution in [0, 0.1) is 11.7 Å². The molecule has 0 fully saturated rings. The molecule has 1 aromatic heterocycles. The van der Waals surface area contributed by atoms with Crippen molar-refractivity contribution in [2.75, 3.05) is 23.8 Å². The monoisotopic (exact) mass is 256 g/mol. The van der Waals surface area contributed by atoms with E-state index in [1.54, 1.807) is 0 Å². The van der Waals surface area contributed by atoms with Gasteiger partial charge >= 0.3 is 0 Å². The van der Waals surface area contributed by atoms with Crippen LogP contribution >= 0.6 is 0 Å². The number of nitrogens with zero attached hydrogens (tertiary/aromatic N) is 2. The first-order chi connectivity index (χ1) is 8.58. The molecule has 1 rings (SSSR count). The van der Waals surface area contributed by atoms with Crippen LogP contribution in [-0.2, 0) is 0 Å². The van der Waals surface area contributed by atoms with Gasteiger partial charge < -0.3 is 15.7 Å². The highest BCUT2D eigenvalue weighted by Crippen LogP contribution is 2.17. The molecule has 0 bridgehead atoms. The largest absolute Gasteiger partial charge is 0.396 e. The van der Waals surface area contributed by atoms with Crippen molar-refractivity contribution in [2.24, 2.45) is 5.92 Å². The van der Waals surface area contributed by atoms with Gasteiger partial charge in [-0.25, -0.2) is 9.37 Å². The molecular weight excluding hydrogens is 235 g/mol. The van der Waals surface area contributed by atoms with Crippen LogP contribution in [0.4, 0.5) is 16.2 Å². The second-order valence-corrected chi connectivity index (χ2v) is 4.43. The predicted molar refractivity (Wildman–Crippen MR) is 70.1 cm³/mol. The average Bonchev–Trinajstić information content (AvgIpc) is 2.33. The third-order valence-corrected chi connectivity index (χ3v) is 2.65. The summed E-state index contributed by atoms with van der Waals surface area (Å²) in [6, 6.07) is -0.0196. The maximum absolute atomic E-state index is 13.6. The van der Waals surface area contributed by atoms with E-state index in [1.807, 2.05) is 20.8 Å². The van der Waals surface area contributed by atoms with Crippen molar-refractivity contribution >= 4 is 11.8 Å². The topological polar surface area (TPSA) is 70.1 Å². The Labute approximate surface area is 107 Å². The standard InChI is InChI=1S/C12H21FN4O/c1-4-14-12-15-7-9(13)11(17-12)16-10(5-6-18)8(2)3/h7-8,10,18H,4-6H2,1-3H3,(H2,14,15,16,17). The summed E-state index contributed by atoms with van der Waals surface area (Å²) < 4.78 is 13.6. The lowest BCUT2D eigenvalue weighted by Crippen LogP contribution is -2.28. The molecule has 102 valence electrons. The van der Waals surface area contributed by atoms with E-state index in [2.05, 4.69) is 20.6 Å². The van der Waals surface area contributed by atoms with Gasteiger partial charge in [-0.05, 0) is 19.3 Å². The Kier molecular flexibility index (Phi) is 5.77. The third-order valence-electron chi connectivity index (χ3n) is 2.65. The smallest absolute Gasteiger partial charge is 0.224 e. The van der Waals surface area contributed by atoms with Crippen LogP contribution in [0.1, 0.15) is 27.2 Å². The van der Waals surface area contributed by atoms with Crippen LogP contribution in [0.15, 0.2) is 6.20 Å². The van der Waals surface area contributed by atoms with Crippen LogP contribution in [0.3, 0.4) is 0 Å². The van der Waals surface area contributed by atoms with E-state index in [4.69, 9.17) is 5.11 Å². The molecule has 0 aliphatic heterocycles. The van der Waals surface area contributed by atoms with Gasteiger partial charge in [-0.3, -0.25) is 0 Å². The molecule has 0 aliphatic rings. The molecule has 0 saturated heterocycles. The van der Waals surface area contributed by atoms with Crippen LogP contribution < -0.4 is 10.6 Å². The molecule has 1 unspecified atom stereocenters. The number of hydrogen-bond acceptors (Lipinski definition) is 5. The Morgan fingerprint density at radius 2 is 2.17 bits per heavy atom. The van der Waals surface area contributed by atoms with Gasteiger partial charge in [0.25, 0.3) is 0 Å². The number of anilines is 2. The summed E-state index contributed by atoms with van der Waals surface area (Å²) in [5.41, 5.74) is 0. The Hall–Kier alpha value is -1.43. The Bertz CT molecular complexity index is 373. The Morgan fingerprint density at radius 3 is 2.72 bits per heavy atom. The van der Waals surface area contributed by atoms with Crippen molar-refractivity contribution < 1.29 is 9.50 Å². The highest BCUT2D eigenvalue weighted by atomic mass is 19.1. The van der Waals surface area contributed by atoms with Crippen molar-refractivity contribution in [2.45, 2.75) is 33.2 Å². The second kappa shape index (κ2) is 7.10. The molecule has 1 atom stereocenters. The molecule has 1 aromatic rings. The third kappa shape index (κ3) is 4.10. The van der Waals surface area contributed by atoms with Gasteiger partial charge in [0.1, 0.15) is 0 Å². The number of rotatable bonds is 7. The molecule has 0 radical (unpaired) electrons. The molecule has 1 heterocycles. The van der Waals surface area contributed by atoms with Gasteiger partial charge in [0.2, 0.25) is 5.95 Å². The van der Waals surface area contributed by atoms with Gasteiger partial charge in [-0.15, -0.1) is 0 Å². The fourth-order valence-electron chi connectivity index (χ4n) is 1.60. The van der Waals surface area contributed by atoms with E-state index in [-0.39, 0.29) is 24.4 Å². The van der Waals surface area contributed by atoms with Gasteiger partial charge in [-0.1, -0.05) is 13.8 Å². The summed E-state index contributed by atoms with van der Waals surface area (Å²) in [6.45, 7) is 6.68. The number of hydrogen-bond donors (Lipinski definition) is 3. The molecule has 0 amide bonds. The Balaban J connectivity index is 2.83. The second-order valence-electron chi connectivity index (χ2n) is 4.43.